The van der Waals surface area contributed by atoms with Gasteiger partial charge in [-0.15, -0.1) is 0 Å². The SMILES string of the molecule is CC(C)CN1CCN(S(=O)(=O)N2CCNCC2)CC1. The fraction of sp³-hybridized carbons (Fsp3) is 1.00. The van der Waals surface area contributed by atoms with Crippen molar-refractivity contribution < 1.29 is 8.42 Å². The molecule has 0 aromatic carbocycles. The lowest BCUT2D eigenvalue weighted by Crippen LogP contribution is -2.56. The van der Waals surface area contributed by atoms with Crippen molar-refractivity contribution in [2.45, 2.75) is 13.8 Å². The summed E-state index contributed by atoms with van der Waals surface area (Å²) in [5, 5.41) is 3.19. The molecule has 0 aromatic rings. The molecular formula is C12H26N4O2S. The first kappa shape index (κ1) is 15.2. The molecule has 0 saturated carbocycles. The molecule has 0 spiro atoms. The van der Waals surface area contributed by atoms with Crippen LogP contribution in [0.4, 0.5) is 0 Å². The van der Waals surface area contributed by atoms with Gasteiger partial charge < -0.3 is 10.2 Å². The molecule has 2 fully saturated rings. The summed E-state index contributed by atoms with van der Waals surface area (Å²) in [6, 6.07) is 0. The molecule has 0 aliphatic carbocycles. The average molecular weight is 290 g/mol. The summed E-state index contributed by atoms with van der Waals surface area (Å²) in [4.78, 5) is 2.36. The van der Waals surface area contributed by atoms with Crippen molar-refractivity contribution in [2.75, 3.05) is 58.9 Å². The molecule has 2 aliphatic rings. The van der Waals surface area contributed by atoms with Gasteiger partial charge in [0.25, 0.3) is 10.2 Å². The third-order valence-corrected chi connectivity index (χ3v) is 5.72. The van der Waals surface area contributed by atoms with E-state index >= 15 is 0 Å². The summed E-state index contributed by atoms with van der Waals surface area (Å²) in [7, 11) is -3.24. The molecule has 0 atom stereocenters. The van der Waals surface area contributed by atoms with E-state index in [0.717, 1.165) is 32.7 Å². The van der Waals surface area contributed by atoms with Crippen LogP contribution in [0.1, 0.15) is 13.8 Å². The second kappa shape index (κ2) is 6.49. The van der Waals surface area contributed by atoms with Crippen molar-refractivity contribution in [1.82, 2.24) is 18.8 Å². The summed E-state index contributed by atoms with van der Waals surface area (Å²) in [5.41, 5.74) is 0. The quantitative estimate of drug-likeness (QED) is 0.752. The van der Waals surface area contributed by atoms with E-state index in [4.69, 9.17) is 0 Å². The lowest BCUT2D eigenvalue weighted by atomic mass is 10.2. The molecule has 0 unspecified atom stereocenters. The number of hydrogen-bond donors (Lipinski definition) is 1. The van der Waals surface area contributed by atoms with Crippen molar-refractivity contribution >= 4 is 10.2 Å². The molecule has 0 bridgehead atoms. The number of rotatable bonds is 4. The highest BCUT2D eigenvalue weighted by molar-refractivity contribution is 7.86. The van der Waals surface area contributed by atoms with E-state index in [1.54, 1.807) is 8.61 Å². The van der Waals surface area contributed by atoms with Gasteiger partial charge in [0.05, 0.1) is 0 Å². The van der Waals surface area contributed by atoms with Gasteiger partial charge in [0.15, 0.2) is 0 Å². The van der Waals surface area contributed by atoms with Gasteiger partial charge in [0.2, 0.25) is 0 Å². The van der Waals surface area contributed by atoms with Crippen LogP contribution in [0.25, 0.3) is 0 Å². The molecule has 19 heavy (non-hydrogen) atoms. The fourth-order valence-electron chi connectivity index (χ4n) is 2.70. The lowest BCUT2D eigenvalue weighted by molar-refractivity contribution is 0.165. The van der Waals surface area contributed by atoms with E-state index in [9.17, 15) is 8.42 Å². The van der Waals surface area contributed by atoms with E-state index in [-0.39, 0.29) is 0 Å². The van der Waals surface area contributed by atoms with Crippen LogP contribution in [-0.4, -0.2) is 80.8 Å². The maximum Gasteiger partial charge on any atom is 0.282 e. The highest BCUT2D eigenvalue weighted by Gasteiger charge is 2.32. The Kier molecular flexibility index (Phi) is 5.19. The van der Waals surface area contributed by atoms with Crippen LogP contribution in [0.2, 0.25) is 0 Å². The van der Waals surface area contributed by atoms with Crippen molar-refractivity contribution in [1.29, 1.82) is 0 Å². The van der Waals surface area contributed by atoms with E-state index in [2.05, 4.69) is 24.1 Å². The first-order valence-electron chi connectivity index (χ1n) is 7.18. The Morgan fingerprint density at radius 3 is 2.00 bits per heavy atom. The minimum Gasteiger partial charge on any atom is -0.314 e. The molecule has 112 valence electrons. The Hall–Kier alpha value is -0.210. The van der Waals surface area contributed by atoms with Gasteiger partial charge in [-0.2, -0.15) is 17.0 Å². The fourth-order valence-corrected chi connectivity index (χ4v) is 4.29. The van der Waals surface area contributed by atoms with Crippen LogP contribution in [0.5, 0.6) is 0 Å². The van der Waals surface area contributed by atoms with Crippen LogP contribution < -0.4 is 5.32 Å². The number of hydrogen-bond acceptors (Lipinski definition) is 4. The van der Waals surface area contributed by atoms with Crippen molar-refractivity contribution in [2.24, 2.45) is 5.92 Å². The molecule has 0 radical (unpaired) electrons. The van der Waals surface area contributed by atoms with E-state index in [1.165, 1.54) is 0 Å². The Morgan fingerprint density at radius 2 is 1.47 bits per heavy atom. The summed E-state index contributed by atoms with van der Waals surface area (Å²) >= 11 is 0. The third-order valence-electron chi connectivity index (χ3n) is 3.68. The highest BCUT2D eigenvalue weighted by Crippen LogP contribution is 2.13. The van der Waals surface area contributed by atoms with E-state index < -0.39 is 10.2 Å². The van der Waals surface area contributed by atoms with E-state index in [0.29, 0.717) is 32.1 Å². The first-order valence-corrected chi connectivity index (χ1v) is 8.58. The topological polar surface area (TPSA) is 55.9 Å². The number of nitrogens with one attached hydrogen (secondary N) is 1. The standard InChI is InChI=1S/C12H26N4O2S/c1-12(2)11-14-7-9-16(10-8-14)19(17,18)15-5-3-13-4-6-15/h12-13H,3-11H2,1-2H3. The Morgan fingerprint density at radius 1 is 0.947 bits per heavy atom. The van der Waals surface area contributed by atoms with Gasteiger partial charge >= 0.3 is 0 Å². The van der Waals surface area contributed by atoms with Crippen molar-refractivity contribution in [3.05, 3.63) is 0 Å². The molecule has 2 rings (SSSR count). The summed E-state index contributed by atoms with van der Waals surface area (Å²) in [6.07, 6.45) is 0. The molecule has 7 heteroatoms. The van der Waals surface area contributed by atoms with Crippen LogP contribution >= 0.6 is 0 Å². The van der Waals surface area contributed by atoms with Gasteiger partial charge in [-0.3, -0.25) is 0 Å². The van der Waals surface area contributed by atoms with Crippen molar-refractivity contribution in [3.63, 3.8) is 0 Å². The molecule has 0 aromatic heterocycles. The minimum absolute atomic E-state index is 0.592. The monoisotopic (exact) mass is 290 g/mol. The van der Waals surface area contributed by atoms with E-state index in [1.807, 2.05) is 0 Å². The molecular weight excluding hydrogens is 264 g/mol. The highest BCUT2D eigenvalue weighted by atomic mass is 32.2. The zero-order valence-corrected chi connectivity index (χ0v) is 12.8. The molecule has 2 heterocycles. The van der Waals surface area contributed by atoms with Crippen LogP contribution in [0.3, 0.4) is 0 Å². The molecule has 6 nitrogen and oxygen atoms in total. The largest absolute Gasteiger partial charge is 0.314 e. The minimum atomic E-state index is -3.24. The number of piperazine rings is 2. The third kappa shape index (κ3) is 3.88. The van der Waals surface area contributed by atoms with Crippen molar-refractivity contribution in [3.8, 4) is 0 Å². The first-order chi connectivity index (χ1) is 9.00. The zero-order chi connectivity index (χ0) is 13.9. The molecule has 2 saturated heterocycles. The second-order valence-corrected chi connectivity index (χ2v) is 7.68. The van der Waals surface area contributed by atoms with Gasteiger partial charge in [-0.1, -0.05) is 13.8 Å². The average Bonchev–Trinajstić information content (AvgIpc) is 2.40. The molecule has 2 aliphatic heterocycles. The Labute approximate surface area is 116 Å². The summed E-state index contributed by atoms with van der Waals surface area (Å²) in [6.45, 7) is 11.1. The normalized spacial score (nSPS) is 25.0. The predicted octanol–water partition coefficient (Wildman–Crippen LogP) is -0.590. The second-order valence-electron chi connectivity index (χ2n) is 5.75. The van der Waals surface area contributed by atoms with Gasteiger partial charge in [0, 0.05) is 58.9 Å². The predicted molar refractivity (Wildman–Crippen MR) is 76.2 cm³/mol. The maximum absolute atomic E-state index is 12.5. The van der Waals surface area contributed by atoms with Gasteiger partial charge in [-0.25, -0.2) is 0 Å². The Bertz CT molecular complexity index is 371. The smallest absolute Gasteiger partial charge is 0.282 e. The van der Waals surface area contributed by atoms with Crippen LogP contribution in [0.15, 0.2) is 0 Å². The molecule has 0 amide bonds. The van der Waals surface area contributed by atoms with Gasteiger partial charge in [0.1, 0.15) is 0 Å². The van der Waals surface area contributed by atoms with Gasteiger partial charge in [-0.05, 0) is 5.92 Å². The maximum atomic E-state index is 12.5. The van der Waals surface area contributed by atoms with Crippen LogP contribution in [0, 0.1) is 5.92 Å². The number of nitrogens with zero attached hydrogens (tertiary/aromatic N) is 3. The zero-order valence-electron chi connectivity index (χ0n) is 12.0. The van der Waals surface area contributed by atoms with Crippen LogP contribution in [-0.2, 0) is 10.2 Å². The lowest BCUT2D eigenvalue weighted by Gasteiger charge is -2.38. The summed E-state index contributed by atoms with van der Waals surface area (Å²) < 4.78 is 28.2. The Balaban J connectivity index is 1.89. The summed E-state index contributed by atoms with van der Waals surface area (Å²) in [5.74, 6) is 0.635. The molecule has 1 N–H and O–H groups in total.